The molecule has 31 heavy (non-hydrogen) atoms. The maximum absolute atomic E-state index is 14.2. The third-order valence-corrected chi connectivity index (χ3v) is 8.97. The van der Waals surface area contributed by atoms with Crippen LogP contribution in [0, 0.1) is 12.7 Å². The molecule has 1 heterocycles. The second-order valence-corrected chi connectivity index (χ2v) is 11.0. The van der Waals surface area contributed by atoms with Crippen molar-refractivity contribution in [3.8, 4) is 0 Å². The summed E-state index contributed by atoms with van der Waals surface area (Å²) in [5, 5.41) is 0. The van der Waals surface area contributed by atoms with Gasteiger partial charge in [-0.05, 0) is 80.1 Å². The lowest BCUT2D eigenvalue weighted by molar-refractivity contribution is 0.132. The second-order valence-electron chi connectivity index (χ2n) is 8.38. The van der Waals surface area contributed by atoms with Gasteiger partial charge in [0.05, 0.1) is 11.0 Å². The largest absolute Gasteiger partial charge is 0.297 e. The van der Waals surface area contributed by atoms with Gasteiger partial charge in [0.25, 0.3) is 10.1 Å². The van der Waals surface area contributed by atoms with E-state index >= 15 is 0 Å². The third-order valence-electron chi connectivity index (χ3n) is 6.44. The van der Waals surface area contributed by atoms with Gasteiger partial charge in [0.1, 0.15) is 5.82 Å². The predicted molar refractivity (Wildman–Crippen MR) is 119 cm³/mol. The Balaban J connectivity index is 1.43. The molecule has 1 fully saturated rings. The van der Waals surface area contributed by atoms with Crippen molar-refractivity contribution in [3.05, 3.63) is 89.2 Å². The molecule has 0 bridgehead atoms. The fourth-order valence-corrected chi connectivity index (χ4v) is 7.23. The van der Waals surface area contributed by atoms with Crippen LogP contribution in [0.4, 0.5) is 4.39 Å². The van der Waals surface area contributed by atoms with E-state index in [1.54, 1.807) is 42.1 Å². The Bertz CT molecular complexity index is 1230. The fourth-order valence-electron chi connectivity index (χ4n) is 4.84. The summed E-state index contributed by atoms with van der Waals surface area (Å²) in [6, 6.07) is 20.0. The summed E-state index contributed by atoms with van der Waals surface area (Å²) in [6.45, 7) is 1.92. The highest BCUT2D eigenvalue weighted by molar-refractivity contribution is 7.99. The molecule has 0 unspecified atom stereocenters. The molecule has 0 amide bonds. The molecule has 1 spiro atoms. The van der Waals surface area contributed by atoms with Crippen molar-refractivity contribution in [2.45, 2.75) is 58.8 Å². The monoisotopic (exact) mass is 454 g/mol. The van der Waals surface area contributed by atoms with Crippen LogP contribution in [-0.4, -0.2) is 14.5 Å². The molecule has 0 atom stereocenters. The van der Waals surface area contributed by atoms with Crippen molar-refractivity contribution < 1.29 is 17.0 Å². The number of fused-ring (bicyclic) bond motifs is 4. The van der Waals surface area contributed by atoms with Crippen LogP contribution in [0.25, 0.3) is 0 Å². The maximum atomic E-state index is 14.2. The minimum atomic E-state index is -3.81. The molecule has 6 heteroatoms. The summed E-state index contributed by atoms with van der Waals surface area (Å²) in [5.74, 6) is -0.238. The molecule has 0 saturated heterocycles. The quantitative estimate of drug-likeness (QED) is 0.440. The molecule has 1 aliphatic heterocycles. The van der Waals surface area contributed by atoms with Crippen LogP contribution in [0.5, 0.6) is 0 Å². The molecule has 0 radical (unpaired) electrons. The summed E-state index contributed by atoms with van der Waals surface area (Å²) in [4.78, 5) is 2.45. The van der Waals surface area contributed by atoms with Crippen molar-refractivity contribution >= 4 is 21.9 Å². The van der Waals surface area contributed by atoms with E-state index in [9.17, 15) is 12.8 Å². The minimum absolute atomic E-state index is 0.185. The highest BCUT2D eigenvalue weighted by Crippen LogP contribution is 2.55. The number of benzene rings is 3. The van der Waals surface area contributed by atoms with E-state index in [0.29, 0.717) is 12.8 Å². The summed E-state index contributed by atoms with van der Waals surface area (Å²) in [7, 11) is -3.81. The summed E-state index contributed by atoms with van der Waals surface area (Å²) in [5.41, 5.74) is 2.90. The zero-order chi connectivity index (χ0) is 21.6. The third kappa shape index (κ3) is 3.71. The highest BCUT2D eigenvalue weighted by atomic mass is 32.2. The van der Waals surface area contributed by atoms with Gasteiger partial charge in [-0.1, -0.05) is 47.7 Å². The lowest BCUT2D eigenvalue weighted by atomic mass is 9.64. The Hall–Kier alpha value is -2.15. The lowest BCUT2D eigenvalue weighted by Crippen LogP contribution is -2.38. The van der Waals surface area contributed by atoms with E-state index in [4.69, 9.17) is 4.18 Å². The van der Waals surface area contributed by atoms with E-state index in [1.165, 1.54) is 16.5 Å². The van der Waals surface area contributed by atoms with Crippen molar-refractivity contribution in [1.82, 2.24) is 0 Å². The van der Waals surface area contributed by atoms with Crippen LogP contribution in [0.15, 0.2) is 81.4 Å². The van der Waals surface area contributed by atoms with Gasteiger partial charge in [0, 0.05) is 15.2 Å². The number of rotatable bonds is 3. The van der Waals surface area contributed by atoms with Gasteiger partial charge in [0.15, 0.2) is 0 Å². The van der Waals surface area contributed by atoms with Gasteiger partial charge in [-0.3, -0.25) is 4.18 Å². The molecule has 5 rings (SSSR count). The number of halogens is 1. The van der Waals surface area contributed by atoms with Crippen molar-refractivity contribution in [2.75, 3.05) is 0 Å². The summed E-state index contributed by atoms with van der Waals surface area (Å²) < 4.78 is 45.3. The molecule has 3 nitrogen and oxygen atoms in total. The van der Waals surface area contributed by atoms with Gasteiger partial charge in [-0.25, -0.2) is 4.39 Å². The van der Waals surface area contributed by atoms with E-state index in [2.05, 4.69) is 12.1 Å². The predicted octanol–water partition coefficient (Wildman–Crippen LogP) is 6.23. The number of hydrogen-bond acceptors (Lipinski definition) is 4. The average molecular weight is 455 g/mol. The van der Waals surface area contributed by atoms with E-state index in [1.807, 2.05) is 25.1 Å². The van der Waals surface area contributed by atoms with Crippen molar-refractivity contribution in [1.29, 1.82) is 0 Å². The van der Waals surface area contributed by atoms with Crippen LogP contribution in [0.2, 0.25) is 0 Å². The Labute approximate surface area is 186 Å². The maximum Gasteiger partial charge on any atom is 0.297 e. The number of hydrogen-bond donors (Lipinski definition) is 0. The first-order valence-electron chi connectivity index (χ1n) is 10.4. The summed E-state index contributed by atoms with van der Waals surface area (Å²) in [6.07, 6.45) is 2.25. The highest BCUT2D eigenvalue weighted by Gasteiger charge is 2.44. The first kappa shape index (κ1) is 20.7. The van der Waals surface area contributed by atoms with Gasteiger partial charge < -0.3 is 0 Å². The van der Waals surface area contributed by atoms with Gasteiger partial charge >= 0.3 is 0 Å². The van der Waals surface area contributed by atoms with E-state index < -0.39 is 10.1 Å². The smallest absolute Gasteiger partial charge is 0.263 e. The van der Waals surface area contributed by atoms with Crippen molar-refractivity contribution in [2.24, 2.45) is 0 Å². The average Bonchev–Trinajstić information content (AvgIpc) is 2.76. The standard InChI is InChI=1S/C25H23FO3S2/c1-17-6-9-20(10-7-17)31(27,28)29-19-12-14-25(15-13-19)21-4-2-3-5-23(21)30-24-11-8-18(26)16-22(24)25/h2-11,16,19H,12-15H2,1H3. The van der Waals surface area contributed by atoms with Gasteiger partial charge in [-0.15, -0.1) is 0 Å². The molecule has 0 N–H and O–H groups in total. The van der Waals surface area contributed by atoms with Crippen LogP contribution in [-0.2, 0) is 19.7 Å². The molecule has 3 aromatic rings. The Morgan fingerprint density at radius 2 is 1.61 bits per heavy atom. The fraction of sp³-hybridized carbons (Fsp3) is 0.280. The van der Waals surface area contributed by atoms with E-state index in [0.717, 1.165) is 28.9 Å². The first-order valence-corrected chi connectivity index (χ1v) is 12.7. The van der Waals surface area contributed by atoms with Gasteiger partial charge in [0.2, 0.25) is 0 Å². The Morgan fingerprint density at radius 3 is 2.35 bits per heavy atom. The second kappa shape index (κ2) is 7.76. The molecular weight excluding hydrogens is 431 g/mol. The molecule has 160 valence electrons. The zero-order valence-corrected chi connectivity index (χ0v) is 18.8. The van der Waals surface area contributed by atoms with Gasteiger partial charge in [-0.2, -0.15) is 8.42 Å². The SMILES string of the molecule is Cc1ccc(S(=O)(=O)OC2CCC3(CC2)c2ccccc2Sc2ccc(F)cc23)cc1. The molecular formula is C25H23FO3S2. The van der Waals surface area contributed by atoms with Crippen LogP contribution < -0.4 is 0 Å². The minimum Gasteiger partial charge on any atom is -0.263 e. The Kier molecular flexibility index (Phi) is 5.19. The lowest BCUT2D eigenvalue weighted by Gasteiger charge is -2.44. The van der Waals surface area contributed by atoms with Crippen LogP contribution in [0.3, 0.4) is 0 Å². The topological polar surface area (TPSA) is 43.4 Å². The molecule has 1 aliphatic carbocycles. The first-order chi connectivity index (χ1) is 14.9. The van der Waals surface area contributed by atoms with Crippen molar-refractivity contribution in [3.63, 3.8) is 0 Å². The zero-order valence-electron chi connectivity index (χ0n) is 17.2. The normalized spacial score (nSPS) is 22.7. The molecule has 3 aromatic carbocycles. The van der Waals surface area contributed by atoms with Crippen LogP contribution >= 0.6 is 11.8 Å². The van der Waals surface area contributed by atoms with E-state index in [-0.39, 0.29) is 22.2 Å². The molecule has 2 aliphatic rings. The molecule has 1 saturated carbocycles. The Morgan fingerprint density at radius 1 is 0.935 bits per heavy atom. The molecule has 0 aromatic heterocycles. The van der Waals surface area contributed by atoms with Crippen LogP contribution in [0.1, 0.15) is 42.4 Å². The summed E-state index contributed by atoms with van der Waals surface area (Å²) >= 11 is 1.67. The number of aryl methyl sites for hydroxylation is 1.